The number of anilines is 1. The Bertz CT molecular complexity index is 1100. The topological polar surface area (TPSA) is 79.2 Å². The molecule has 7 heteroatoms. The molecular weight excluding hydrogens is 352 g/mol. The van der Waals surface area contributed by atoms with E-state index in [2.05, 4.69) is 32.3 Å². The van der Waals surface area contributed by atoms with E-state index in [0.717, 1.165) is 35.5 Å². The lowest BCUT2D eigenvalue weighted by molar-refractivity contribution is 0.111. The van der Waals surface area contributed by atoms with Gasteiger partial charge in [0.25, 0.3) is 0 Å². The first-order valence-electron chi connectivity index (χ1n) is 9.21. The lowest BCUT2D eigenvalue weighted by Crippen LogP contribution is -2.18. The third-order valence-electron chi connectivity index (χ3n) is 4.78. The van der Waals surface area contributed by atoms with Gasteiger partial charge in [-0.3, -0.25) is 9.89 Å². The molecule has 0 bridgehead atoms. The molecule has 142 valence electrons. The number of carbonyl (C=O) groups is 1. The third kappa shape index (κ3) is 3.15. The zero-order valence-corrected chi connectivity index (χ0v) is 16.1. The third-order valence-corrected chi connectivity index (χ3v) is 4.78. The number of carbonyl (C=O) groups excluding carboxylic acids is 1. The standard InChI is InChI=1S/C21H22N6O/c1-14(2)20-17(13-28)25-27-18(16-10-22-23-11-16)9-19(24-21(20)27)26(3)12-15-7-5-4-6-8-15/h4-11,13-14H,12H2,1-3H3,(H,22,23). The zero-order chi connectivity index (χ0) is 19.7. The quantitative estimate of drug-likeness (QED) is 0.521. The number of hydrogen-bond donors (Lipinski definition) is 1. The molecule has 0 aliphatic heterocycles. The van der Waals surface area contributed by atoms with Crippen LogP contribution in [0.3, 0.4) is 0 Å². The van der Waals surface area contributed by atoms with Gasteiger partial charge in [-0.05, 0) is 11.5 Å². The number of rotatable bonds is 6. The van der Waals surface area contributed by atoms with Crippen LogP contribution in [0.2, 0.25) is 0 Å². The van der Waals surface area contributed by atoms with Crippen LogP contribution >= 0.6 is 0 Å². The minimum absolute atomic E-state index is 0.122. The Balaban J connectivity index is 1.89. The summed E-state index contributed by atoms with van der Waals surface area (Å²) in [6.07, 6.45) is 4.36. The van der Waals surface area contributed by atoms with Crippen LogP contribution in [-0.4, -0.2) is 38.1 Å². The van der Waals surface area contributed by atoms with Gasteiger partial charge < -0.3 is 4.90 Å². The molecule has 0 fully saturated rings. The molecule has 7 nitrogen and oxygen atoms in total. The molecular formula is C21H22N6O. The van der Waals surface area contributed by atoms with E-state index < -0.39 is 0 Å². The summed E-state index contributed by atoms with van der Waals surface area (Å²) in [6, 6.07) is 12.2. The zero-order valence-electron chi connectivity index (χ0n) is 16.1. The highest BCUT2D eigenvalue weighted by Crippen LogP contribution is 2.30. The van der Waals surface area contributed by atoms with E-state index in [4.69, 9.17) is 4.98 Å². The molecule has 4 aromatic rings. The van der Waals surface area contributed by atoms with Crippen molar-refractivity contribution in [3.8, 4) is 11.3 Å². The normalized spacial score (nSPS) is 11.3. The van der Waals surface area contributed by atoms with E-state index in [1.807, 2.05) is 51.4 Å². The van der Waals surface area contributed by atoms with E-state index in [9.17, 15) is 4.79 Å². The Morgan fingerprint density at radius 3 is 2.68 bits per heavy atom. The Morgan fingerprint density at radius 1 is 1.25 bits per heavy atom. The van der Waals surface area contributed by atoms with Gasteiger partial charge in [0.15, 0.2) is 11.9 Å². The number of hydrogen-bond acceptors (Lipinski definition) is 5. The summed E-state index contributed by atoms with van der Waals surface area (Å²) in [5, 5.41) is 11.4. The summed E-state index contributed by atoms with van der Waals surface area (Å²) < 4.78 is 1.74. The van der Waals surface area contributed by atoms with Crippen LogP contribution in [0.1, 0.15) is 41.4 Å². The lowest BCUT2D eigenvalue weighted by Gasteiger charge is -2.20. The van der Waals surface area contributed by atoms with E-state index >= 15 is 0 Å². The second-order valence-corrected chi connectivity index (χ2v) is 7.14. The maximum Gasteiger partial charge on any atom is 0.170 e. The molecule has 1 N–H and O–H groups in total. The highest BCUT2D eigenvalue weighted by molar-refractivity contribution is 5.80. The molecule has 0 saturated heterocycles. The van der Waals surface area contributed by atoms with Crippen LogP contribution in [-0.2, 0) is 6.54 Å². The average molecular weight is 374 g/mol. The number of fused-ring (bicyclic) bond motifs is 1. The van der Waals surface area contributed by atoms with Crippen molar-refractivity contribution in [3.63, 3.8) is 0 Å². The molecule has 0 saturated carbocycles. The summed E-state index contributed by atoms with van der Waals surface area (Å²) in [5.41, 5.74) is 4.90. The first-order valence-corrected chi connectivity index (χ1v) is 9.21. The van der Waals surface area contributed by atoms with Gasteiger partial charge in [0.1, 0.15) is 11.5 Å². The van der Waals surface area contributed by atoms with Crippen molar-refractivity contribution in [3.05, 3.63) is 65.6 Å². The van der Waals surface area contributed by atoms with Gasteiger partial charge in [-0.25, -0.2) is 9.50 Å². The van der Waals surface area contributed by atoms with Crippen molar-refractivity contribution in [2.75, 3.05) is 11.9 Å². The van der Waals surface area contributed by atoms with Gasteiger partial charge >= 0.3 is 0 Å². The number of aromatic amines is 1. The number of aldehydes is 1. The monoisotopic (exact) mass is 374 g/mol. The van der Waals surface area contributed by atoms with Crippen LogP contribution in [0.5, 0.6) is 0 Å². The minimum atomic E-state index is 0.122. The van der Waals surface area contributed by atoms with Crippen molar-refractivity contribution in [2.45, 2.75) is 26.3 Å². The highest BCUT2D eigenvalue weighted by Gasteiger charge is 2.21. The minimum Gasteiger partial charge on any atom is -0.355 e. The first-order chi connectivity index (χ1) is 13.6. The highest BCUT2D eigenvalue weighted by atomic mass is 16.1. The Labute approximate surface area is 163 Å². The van der Waals surface area contributed by atoms with Gasteiger partial charge in [0, 0.05) is 37.0 Å². The summed E-state index contributed by atoms with van der Waals surface area (Å²) in [6.45, 7) is 4.81. The van der Waals surface area contributed by atoms with Crippen molar-refractivity contribution in [1.29, 1.82) is 0 Å². The molecule has 0 aliphatic carbocycles. The van der Waals surface area contributed by atoms with E-state index in [1.165, 1.54) is 5.56 Å². The van der Waals surface area contributed by atoms with Crippen LogP contribution in [0, 0.1) is 0 Å². The number of nitrogens with zero attached hydrogens (tertiary/aromatic N) is 5. The van der Waals surface area contributed by atoms with Crippen LogP contribution in [0.15, 0.2) is 48.8 Å². The fourth-order valence-electron chi connectivity index (χ4n) is 3.41. The van der Waals surface area contributed by atoms with Gasteiger partial charge in [-0.1, -0.05) is 44.2 Å². The maximum absolute atomic E-state index is 11.6. The predicted octanol–water partition coefficient (Wildman–Crippen LogP) is 3.69. The number of H-pyrrole nitrogens is 1. The van der Waals surface area contributed by atoms with Crippen molar-refractivity contribution in [2.24, 2.45) is 0 Å². The summed E-state index contributed by atoms with van der Waals surface area (Å²) in [5.74, 6) is 0.934. The summed E-state index contributed by atoms with van der Waals surface area (Å²) >= 11 is 0. The van der Waals surface area contributed by atoms with Crippen LogP contribution in [0.25, 0.3) is 16.9 Å². The number of nitrogens with one attached hydrogen (secondary N) is 1. The molecule has 0 aliphatic rings. The molecule has 0 radical (unpaired) electrons. The smallest absolute Gasteiger partial charge is 0.170 e. The fraction of sp³-hybridized carbons (Fsp3) is 0.238. The molecule has 3 heterocycles. The molecule has 0 amide bonds. The Morgan fingerprint density at radius 2 is 2.04 bits per heavy atom. The predicted molar refractivity (Wildman–Crippen MR) is 109 cm³/mol. The van der Waals surface area contributed by atoms with E-state index in [0.29, 0.717) is 11.3 Å². The second kappa shape index (κ2) is 7.26. The van der Waals surface area contributed by atoms with Gasteiger partial charge in [0.2, 0.25) is 0 Å². The average Bonchev–Trinajstić information content (AvgIpc) is 3.35. The lowest BCUT2D eigenvalue weighted by atomic mass is 10.0. The Kier molecular flexibility index (Phi) is 4.65. The fourth-order valence-corrected chi connectivity index (χ4v) is 3.41. The van der Waals surface area contributed by atoms with Gasteiger partial charge in [-0.2, -0.15) is 10.2 Å². The van der Waals surface area contributed by atoms with E-state index in [-0.39, 0.29) is 5.92 Å². The van der Waals surface area contributed by atoms with Gasteiger partial charge in [-0.15, -0.1) is 0 Å². The summed E-state index contributed by atoms with van der Waals surface area (Å²) in [7, 11) is 2.01. The molecule has 1 aromatic carbocycles. The van der Waals surface area contributed by atoms with Crippen molar-refractivity contribution < 1.29 is 4.79 Å². The second-order valence-electron chi connectivity index (χ2n) is 7.14. The molecule has 4 rings (SSSR count). The molecule has 28 heavy (non-hydrogen) atoms. The molecule has 0 spiro atoms. The SMILES string of the molecule is CC(C)c1c(C=O)nn2c(-c3cn[nH]c3)cc(N(C)Cc3ccccc3)nc12. The molecule has 0 unspecified atom stereocenters. The van der Waals surface area contributed by atoms with Crippen LogP contribution < -0.4 is 4.90 Å². The molecule has 0 atom stereocenters. The number of aromatic nitrogens is 5. The van der Waals surface area contributed by atoms with E-state index in [1.54, 1.807) is 10.7 Å². The van der Waals surface area contributed by atoms with Gasteiger partial charge in [0.05, 0.1) is 11.9 Å². The summed E-state index contributed by atoms with van der Waals surface area (Å²) in [4.78, 5) is 18.6. The van der Waals surface area contributed by atoms with Crippen molar-refractivity contribution >= 4 is 17.8 Å². The van der Waals surface area contributed by atoms with Crippen molar-refractivity contribution in [1.82, 2.24) is 24.8 Å². The first kappa shape index (κ1) is 17.9. The maximum atomic E-state index is 11.6. The Hall–Kier alpha value is -3.48. The van der Waals surface area contributed by atoms with Crippen LogP contribution in [0.4, 0.5) is 5.82 Å². The number of benzene rings is 1. The molecule has 3 aromatic heterocycles. The largest absolute Gasteiger partial charge is 0.355 e.